The third-order valence-corrected chi connectivity index (χ3v) is 4.77. The number of thiophene rings is 1. The maximum Gasteiger partial charge on any atom is 0.220 e. The monoisotopic (exact) mass is 331 g/mol. The highest BCUT2D eigenvalue weighted by Crippen LogP contribution is 2.18. The van der Waals surface area contributed by atoms with Gasteiger partial charge in [-0.15, -0.1) is 11.3 Å². The summed E-state index contributed by atoms with van der Waals surface area (Å²) < 4.78 is 5.39. The number of amides is 1. The first-order chi connectivity index (χ1) is 11.3. The van der Waals surface area contributed by atoms with Gasteiger partial charge in [0.1, 0.15) is 5.82 Å². The highest BCUT2D eigenvalue weighted by atomic mass is 32.1. The quantitative estimate of drug-likeness (QED) is 0.882. The number of pyridine rings is 1. The van der Waals surface area contributed by atoms with E-state index in [-0.39, 0.29) is 5.91 Å². The van der Waals surface area contributed by atoms with Crippen molar-refractivity contribution < 1.29 is 9.53 Å². The molecule has 0 unspecified atom stereocenters. The molecular formula is C17H21N3O2S. The molecule has 0 spiro atoms. The van der Waals surface area contributed by atoms with Crippen LogP contribution < -0.4 is 10.2 Å². The number of nitrogens with zero attached hydrogens (tertiary/aromatic N) is 2. The molecule has 2 aromatic heterocycles. The van der Waals surface area contributed by atoms with Crippen molar-refractivity contribution in [3.05, 3.63) is 46.3 Å². The summed E-state index contributed by atoms with van der Waals surface area (Å²) in [6.45, 7) is 3.66. The first-order valence-corrected chi connectivity index (χ1v) is 8.76. The fourth-order valence-electron chi connectivity index (χ4n) is 2.60. The van der Waals surface area contributed by atoms with E-state index in [0.717, 1.165) is 44.1 Å². The number of rotatable bonds is 6. The number of hydrogen-bond donors (Lipinski definition) is 1. The van der Waals surface area contributed by atoms with Gasteiger partial charge < -0.3 is 15.0 Å². The fraction of sp³-hybridized carbons (Fsp3) is 0.412. The second kappa shape index (κ2) is 8.08. The number of carbonyl (C=O) groups is 1. The van der Waals surface area contributed by atoms with Gasteiger partial charge in [-0.3, -0.25) is 4.79 Å². The van der Waals surface area contributed by atoms with Crippen LogP contribution in [0.4, 0.5) is 5.82 Å². The first-order valence-electron chi connectivity index (χ1n) is 7.88. The van der Waals surface area contributed by atoms with Crippen LogP contribution in [0.15, 0.2) is 35.8 Å². The van der Waals surface area contributed by atoms with E-state index < -0.39 is 0 Å². The van der Waals surface area contributed by atoms with E-state index in [1.54, 1.807) is 17.5 Å². The van der Waals surface area contributed by atoms with Gasteiger partial charge in [-0.1, -0.05) is 12.1 Å². The Labute approximate surface area is 140 Å². The highest BCUT2D eigenvalue weighted by Gasteiger charge is 2.16. The average Bonchev–Trinajstić information content (AvgIpc) is 3.13. The molecule has 1 amide bonds. The second-order valence-electron chi connectivity index (χ2n) is 5.44. The van der Waals surface area contributed by atoms with E-state index in [1.165, 1.54) is 4.88 Å². The van der Waals surface area contributed by atoms with Gasteiger partial charge in [0.05, 0.1) is 13.2 Å². The van der Waals surface area contributed by atoms with Crippen molar-refractivity contribution in [3.8, 4) is 0 Å². The van der Waals surface area contributed by atoms with Gasteiger partial charge in [0.15, 0.2) is 0 Å². The largest absolute Gasteiger partial charge is 0.378 e. The van der Waals surface area contributed by atoms with Crippen LogP contribution in [-0.2, 0) is 22.5 Å². The summed E-state index contributed by atoms with van der Waals surface area (Å²) in [5, 5.41) is 5.05. The van der Waals surface area contributed by atoms with Crippen molar-refractivity contribution in [2.45, 2.75) is 19.4 Å². The van der Waals surface area contributed by atoms with E-state index in [4.69, 9.17) is 4.74 Å². The van der Waals surface area contributed by atoms with Crippen LogP contribution in [0.5, 0.6) is 0 Å². The summed E-state index contributed by atoms with van der Waals surface area (Å²) in [6.07, 6.45) is 3.12. The first kappa shape index (κ1) is 16.0. The summed E-state index contributed by atoms with van der Waals surface area (Å²) in [5.41, 5.74) is 1.05. The number of aryl methyl sites for hydroxylation is 1. The maximum absolute atomic E-state index is 12.0. The SMILES string of the molecule is O=C(CCc1cccs1)NCc1cccnc1N1CCOCC1. The zero-order chi connectivity index (χ0) is 15.9. The molecule has 1 aliphatic heterocycles. The van der Waals surface area contributed by atoms with E-state index >= 15 is 0 Å². The summed E-state index contributed by atoms with van der Waals surface area (Å²) in [6, 6.07) is 8.02. The Morgan fingerprint density at radius 2 is 2.17 bits per heavy atom. The number of hydrogen-bond acceptors (Lipinski definition) is 5. The average molecular weight is 331 g/mol. The Balaban J connectivity index is 1.54. The summed E-state index contributed by atoms with van der Waals surface area (Å²) >= 11 is 1.69. The third kappa shape index (κ3) is 4.53. The second-order valence-corrected chi connectivity index (χ2v) is 6.47. The van der Waals surface area contributed by atoms with Crippen LogP contribution in [0.25, 0.3) is 0 Å². The molecule has 0 aromatic carbocycles. The number of carbonyl (C=O) groups excluding carboxylic acids is 1. The van der Waals surface area contributed by atoms with Gasteiger partial charge in [-0.2, -0.15) is 0 Å². The zero-order valence-corrected chi connectivity index (χ0v) is 13.8. The number of anilines is 1. The van der Waals surface area contributed by atoms with Crippen molar-refractivity contribution >= 4 is 23.1 Å². The molecule has 5 nitrogen and oxygen atoms in total. The van der Waals surface area contributed by atoms with Gasteiger partial charge in [0, 0.05) is 42.7 Å². The van der Waals surface area contributed by atoms with E-state index in [2.05, 4.69) is 21.3 Å². The molecule has 0 atom stereocenters. The lowest BCUT2D eigenvalue weighted by molar-refractivity contribution is -0.121. The molecule has 0 saturated carbocycles. The Morgan fingerprint density at radius 1 is 1.30 bits per heavy atom. The molecule has 122 valence electrons. The topological polar surface area (TPSA) is 54.5 Å². The van der Waals surface area contributed by atoms with Gasteiger partial charge in [-0.05, 0) is 23.9 Å². The predicted octanol–water partition coefficient (Wildman–Crippen LogP) is 2.23. The van der Waals surface area contributed by atoms with Crippen LogP contribution in [0.2, 0.25) is 0 Å². The van der Waals surface area contributed by atoms with Crippen molar-refractivity contribution in [2.24, 2.45) is 0 Å². The minimum absolute atomic E-state index is 0.0789. The third-order valence-electron chi connectivity index (χ3n) is 3.83. The lowest BCUT2D eigenvalue weighted by Gasteiger charge is -2.29. The van der Waals surface area contributed by atoms with Crippen molar-refractivity contribution in [2.75, 3.05) is 31.2 Å². The summed E-state index contributed by atoms with van der Waals surface area (Å²) in [7, 11) is 0. The molecule has 1 N–H and O–H groups in total. The van der Waals surface area contributed by atoms with Crippen molar-refractivity contribution in [1.82, 2.24) is 10.3 Å². The molecule has 1 aliphatic rings. The van der Waals surface area contributed by atoms with E-state index in [0.29, 0.717) is 13.0 Å². The minimum Gasteiger partial charge on any atom is -0.378 e. The van der Waals surface area contributed by atoms with Crippen LogP contribution in [0.1, 0.15) is 16.9 Å². The zero-order valence-electron chi connectivity index (χ0n) is 13.0. The molecule has 3 rings (SSSR count). The Bertz CT molecular complexity index is 625. The molecule has 6 heteroatoms. The highest BCUT2D eigenvalue weighted by molar-refractivity contribution is 7.09. The van der Waals surface area contributed by atoms with Crippen LogP contribution in [0, 0.1) is 0 Å². The molecule has 0 radical (unpaired) electrons. The number of nitrogens with one attached hydrogen (secondary N) is 1. The Morgan fingerprint density at radius 3 is 2.96 bits per heavy atom. The molecule has 0 aliphatic carbocycles. The smallest absolute Gasteiger partial charge is 0.220 e. The van der Waals surface area contributed by atoms with Crippen LogP contribution in [-0.4, -0.2) is 37.2 Å². The minimum atomic E-state index is 0.0789. The van der Waals surface area contributed by atoms with Crippen molar-refractivity contribution in [1.29, 1.82) is 0 Å². The number of aromatic nitrogens is 1. The maximum atomic E-state index is 12.0. The molecule has 1 saturated heterocycles. The summed E-state index contributed by atoms with van der Waals surface area (Å²) in [4.78, 5) is 20.0. The standard InChI is InChI=1S/C17H21N3O2S/c21-16(6-5-15-4-2-12-23-15)19-13-14-3-1-7-18-17(14)20-8-10-22-11-9-20/h1-4,7,12H,5-6,8-11,13H2,(H,19,21). The van der Waals surface area contributed by atoms with Gasteiger partial charge in [-0.25, -0.2) is 4.98 Å². The van der Waals surface area contributed by atoms with Crippen LogP contribution >= 0.6 is 11.3 Å². The molecular weight excluding hydrogens is 310 g/mol. The lowest BCUT2D eigenvalue weighted by Crippen LogP contribution is -2.37. The number of ether oxygens (including phenoxy) is 1. The Hall–Kier alpha value is -1.92. The molecule has 3 heterocycles. The molecule has 0 bridgehead atoms. The number of morpholine rings is 1. The molecule has 2 aromatic rings. The Kier molecular flexibility index (Phi) is 5.60. The summed E-state index contributed by atoms with van der Waals surface area (Å²) in [5.74, 6) is 1.03. The predicted molar refractivity (Wildman–Crippen MR) is 91.8 cm³/mol. The van der Waals surface area contributed by atoms with E-state index in [9.17, 15) is 4.79 Å². The van der Waals surface area contributed by atoms with E-state index in [1.807, 2.05) is 23.6 Å². The van der Waals surface area contributed by atoms with Gasteiger partial charge >= 0.3 is 0 Å². The molecule has 1 fully saturated rings. The van der Waals surface area contributed by atoms with Crippen molar-refractivity contribution in [3.63, 3.8) is 0 Å². The normalized spacial score (nSPS) is 14.7. The van der Waals surface area contributed by atoms with Gasteiger partial charge in [0.2, 0.25) is 5.91 Å². The van der Waals surface area contributed by atoms with Gasteiger partial charge in [0.25, 0.3) is 0 Å². The van der Waals surface area contributed by atoms with Crippen LogP contribution in [0.3, 0.4) is 0 Å². The lowest BCUT2D eigenvalue weighted by atomic mass is 10.2. The fourth-order valence-corrected chi connectivity index (χ4v) is 3.31. The molecule has 23 heavy (non-hydrogen) atoms.